The normalized spacial score (nSPS) is 20.8. The molecule has 4 rings (SSSR count). The Bertz CT molecular complexity index is 670. The number of benzene rings is 1. The lowest BCUT2D eigenvalue weighted by Crippen LogP contribution is -2.41. The molecular weight excluding hydrogens is 298 g/mol. The molecule has 0 radical (unpaired) electrons. The topological polar surface area (TPSA) is 63.2 Å². The van der Waals surface area contributed by atoms with Gasteiger partial charge < -0.3 is 15.4 Å². The van der Waals surface area contributed by atoms with Crippen LogP contribution >= 0.6 is 11.3 Å². The number of hydrogen-bond donors (Lipinski definition) is 2. The average molecular weight is 315 g/mol. The Labute approximate surface area is 132 Å². The summed E-state index contributed by atoms with van der Waals surface area (Å²) in [6.07, 6.45) is 4.09. The van der Waals surface area contributed by atoms with Crippen molar-refractivity contribution in [1.82, 2.24) is 15.6 Å². The van der Waals surface area contributed by atoms with Crippen molar-refractivity contribution in [2.24, 2.45) is 5.92 Å². The van der Waals surface area contributed by atoms with Crippen LogP contribution in [-0.4, -0.2) is 17.6 Å². The lowest BCUT2D eigenvalue weighted by atomic mass is 10.1. The number of aromatic nitrogens is 1. The number of ether oxygens (including phenoxy) is 1. The van der Waals surface area contributed by atoms with Gasteiger partial charge in [0.25, 0.3) is 0 Å². The SMILES string of the molecule is O=C(N[C@H](c1nccs1)C1CC1)N[C@@H]1COc2ccccc21. The van der Waals surface area contributed by atoms with Crippen molar-refractivity contribution in [2.45, 2.75) is 24.9 Å². The summed E-state index contributed by atoms with van der Waals surface area (Å²) in [5, 5.41) is 9.03. The minimum Gasteiger partial charge on any atom is -0.491 e. The summed E-state index contributed by atoms with van der Waals surface area (Å²) in [4.78, 5) is 16.7. The average Bonchev–Trinajstić information content (AvgIpc) is 3.07. The second-order valence-electron chi connectivity index (χ2n) is 5.70. The van der Waals surface area contributed by atoms with Gasteiger partial charge in [-0.3, -0.25) is 0 Å². The molecule has 6 heteroatoms. The smallest absolute Gasteiger partial charge is 0.315 e. The third kappa shape index (κ3) is 2.66. The lowest BCUT2D eigenvalue weighted by Gasteiger charge is -2.18. The Balaban J connectivity index is 1.42. The van der Waals surface area contributed by atoms with Crippen molar-refractivity contribution in [3.8, 4) is 5.75 Å². The van der Waals surface area contributed by atoms with E-state index in [0.29, 0.717) is 12.5 Å². The van der Waals surface area contributed by atoms with E-state index in [1.165, 1.54) is 0 Å². The highest BCUT2D eigenvalue weighted by molar-refractivity contribution is 7.09. The van der Waals surface area contributed by atoms with E-state index in [-0.39, 0.29) is 18.1 Å². The largest absolute Gasteiger partial charge is 0.491 e. The molecule has 114 valence electrons. The van der Waals surface area contributed by atoms with Crippen LogP contribution in [0, 0.1) is 5.92 Å². The molecule has 1 aromatic carbocycles. The van der Waals surface area contributed by atoms with E-state index in [4.69, 9.17) is 4.74 Å². The molecule has 2 atom stereocenters. The third-order valence-corrected chi connectivity index (χ3v) is 4.96. The van der Waals surface area contributed by atoms with Gasteiger partial charge in [-0.25, -0.2) is 9.78 Å². The Morgan fingerprint density at radius 3 is 3.00 bits per heavy atom. The molecule has 1 aliphatic heterocycles. The minimum atomic E-state index is -0.155. The van der Waals surface area contributed by atoms with Crippen LogP contribution in [0.5, 0.6) is 5.75 Å². The van der Waals surface area contributed by atoms with Gasteiger partial charge in [0, 0.05) is 17.1 Å². The molecule has 22 heavy (non-hydrogen) atoms. The van der Waals surface area contributed by atoms with Crippen LogP contribution in [0.4, 0.5) is 4.79 Å². The third-order valence-electron chi connectivity index (χ3n) is 4.10. The fourth-order valence-electron chi connectivity index (χ4n) is 2.82. The van der Waals surface area contributed by atoms with Crippen LogP contribution in [0.2, 0.25) is 0 Å². The van der Waals surface area contributed by atoms with Gasteiger partial charge in [-0.15, -0.1) is 11.3 Å². The Hall–Kier alpha value is -2.08. The monoisotopic (exact) mass is 315 g/mol. The van der Waals surface area contributed by atoms with E-state index in [2.05, 4.69) is 15.6 Å². The van der Waals surface area contributed by atoms with E-state index in [0.717, 1.165) is 29.2 Å². The minimum absolute atomic E-state index is 0.0255. The van der Waals surface area contributed by atoms with Crippen LogP contribution in [0.3, 0.4) is 0 Å². The molecule has 0 saturated heterocycles. The second-order valence-corrected chi connectivity index (χ2v) is 6.63. The summed E-state index contributed by atoms with van der Waals surface area (Å²) in [5.41, 5.74) is 1.04. The molecular formula is C16H17N3O2S. The molecule has 1 aromatic heterocycles. The first-order valence-corrected chi connectivity index (χ1v) is 8.37. The number of amides is 2. The van der Waals surface area contributed by atoms with E-state index >= 15 is 0 Å². The molecule has 0 spiro atoms. The molecule has 5 nitrogen and oxygen atoms in total. The van der Waals surface area contributed by atoms with Gasteiger partial charge in [0.1, 0.15) is 17.4 Å². The molecule has 2 aliphatic rings. The van der Waals surface area contributed by atoms with Crippen LogP contribution in [0.1, 0.15) is 35.5 Å². The number of thiazole rings is 1. The summed E-state index contributed by atoms with van der Waals surface area (Å²) in [7, 11) is 0. The second kappa shape index (κ2) is 5.61. The molecule has 0 bridgehead atoms. The lowest BCUT2D eigenvalue weighted by molar-refractivity contribution is 0.227. The highest BCUT2D eigenvalue weighted by atomic mass is 32.1. The maximum atomic E-state index is 12.3. The first kappa shape index (κ1) is 13.6. The standard InChI is InChI=1S/C16H17N3O2S/c20-16(18-12-9-21-13-4-2-1-3-11(12)13)19-14(10-5-6-10)15-17-7-8-22-15/h1-4,7-8,10,12,14H,5-6,9H2,(H2,18,19,20)/t12-,14+/m1/s1. The number of hydrogen-bond acceptors (Lipinski definition) is 4. The summed E-state index contributed by atoms with van der Waals surface area (Å²) < 4.78 is 5.60. The van der Waals surface area contributed by atoms with Gasteiger partial charge in [0.2, 0.25) is 0 Å². The number of rotatable bonds is 4. The molecule has 1 aliphatic carbocycles. The summed E-state index contributed by atoms with van der Waals surface area (Å²) in [6, 6.07) is 7.60. The van der Waals surface area contributed by atoms with Crippen molar-refractivity contribution in [3.63, 3.8) is 0 Å². The Morgan fingerprint density at radius 2 is 2.23 bits per heavy atom. The number of carbonyl (C=O) groups is 1. The van der Waals surface area contributed by atoms with E-state index in [1.807, 2.05) is 29.6 Å². The summed E-state index contributed by atoms with van der Waals surface area (Å²) >= 11 is 1.59. The zero-order chi connectivity index (χ0) is 14.9. The number of carbonyl (C=O) groups excluding carboxylic acids is 1. The fourth-order valence-corrected chi connectivity index (χ4v) is 3.60. The van der Waals surface area contributed by atoms with Crippen LogP contribution in [0.15, 0.2) is 35.8 Å². The van der Waals surface area contributed by atoms with E-state index in [1.54, 1.807) is 17.5 Å². The van der Waals surface area contributed by atoms with Crippen molar-refractivity contribution >= 4 is 17.4 Å². The number of nitrogens with zero attached hydrogens (tertiary/aromatic N) is 1. The van der Waals surface area contributed by atoms with Gasteiger partial charge in [-0.2, -0.15) is 0 Å². The van der Waals surface area contributed by atoms with Crippen LogP contribution in [0.25, 0.3) is 0 Å². The molecule has 2 amide bonds. The molecule has 0 unspecified atom stereocenters. The Kier molecular flexibility index (Phi) is 3.46. The quantitative estimate of drug-likeness (QED) is 0.911. The number of fused-ring (bicyclic) bond motifs is 1. The van der Waals surface area contributed by atoms with Gasteiger partial charge in [0.15, 0.2) is 0 Å². The van der Waals surface area contributed by atoms with Crippen molar-refractivity contribution in [2.75, 3.05) is 6.61 Å². The molecule has 2 heterocycles. The first-order valence-electron chi connectivity index (χ1n) is 7.49. The Morgan fingerprint density at radius 1 is 1.36 bits per heavy atom. The first-order chi connectivity index (χ1) is 10.8. The molecule has 2 N–H and O–H groups in total. The zero-order valence-corrected chi connectivity index (χ0v) is 12.8. The van der Waals surface area contributed by atoms with Gasteiger partial charge in [0.05, 0.1) is 12.1 Å². The summed E-state index contributed by atoms with van der Waals surface area (Å²) in [6.45, 7) is 0.484. The highest BCUT2D eigenvalue weighted by Crippen LogP contribution is 2.41. The number of para-hydroxylation sites is 1. The van der Waals surface area contributed by atoms with Crippen molar-refractivity contribution < 1.29 is 9.53 Å². The van der Waals surface area contributed by atoms with Crippen LogP contribution in [-0.2, 0) is 0 Å². The molecule has 1 fully saturated rings. The maximum absolute atomic E-state index is 12.3. The predicted molar refractivity (Wildman–Crippen MR) is 83.9 cm³/mol. The predicted octanol–water partition coefficient (Wildman–Crippen LogP) is 3.03. The number of urea groups is 1. The maximum Gasteiger partial charge on any atom is 0.315 e. The van der Waals surface area contributed by atoms with Crippen molar-refractivity contribution in [1.29, 1.82) is 0 Å². The zero-order valence-electron chi connectivity index (χ0n) is 12.0. The van der Waals surface area contributed by atoms with Gasteiger partial charge in [-0.05, 0) is 24.8 Å². The van der Waals surface area contributed by atoms with E-state index in [9.17, 15) is 4.79 Å². The van der Waals surface area contributed by atoms with Crippen molar-refractivity contribution in [3.05, 3.63) is 46.4 Å². The molecule has 1 saturated carbocycles. The van der Waals surface area contributed by atoms with Gasteiger partial charge >= 0.3 is 6.03 Å². The van der Waals surface area contributed by atoms with Gasteiger partial charge in [-0.1, -0.05) is 18.2 Å². The highest BCUT2D eigenvalue weighted by Gasteiger charge is 2.35. The fraction of sp³-hybridized carbons (Fsp3) is 0.375. The van der Waals surface area contributed by atoms with E-state index < -0.39 is 0 Å². The summed E-state index contributed by atoms with van der Waals surface area (Å²) in [5.74, 6) is 1.37. The number of nitrogens with one attached hydrogen (secondary N) is 2. The van der Waals surface area contributed by atoms with Crippen LogP contribution < -0.4 is 15.4 Å². The molecule has 2 aromatic rings.